The summed E-state index contributed by atoms with van der Waals surface area (Å²) < 4.78 is 38.1. The minimum atomic E-state index is -2.59. The van der Waals surface area contributed by atoms with E-state index in [0.717, 1.165) is 49.4 Å². The lowest BCUT2D eigenvalue weighted by atomic mass is 9.92. The molecule has 0 amide bonds. The van der Waals surface area contributed by atoms with E-state index in [2.05, 4.69) is 21.1 Å². The highest BCUT2D eigenvalue weighted by atomic mass is 19.3. The van der Waals surface area contributed by atoms with E-state index in [1.54, 1.807) is 20.1 Å². The number of fused-ring (bicyclic) bond motifs is 1. The Kier molecular flexibility index (Phi) is 5.50. The fourth-order valence-corrected chi connectivity index (χ4v) is 4.34. The summed E-state index contributed by atoms with van der Waals surface area (Å²) in [5, 5.41) is 4.16. The average molecular weight is 401 g/mol. The molecule has 29 heavy (non-hydrogen) atoms. The predicted molar refractivity (Wildman–Crippen MR) is 106 cm³/mol. The molecule has 0 bridgehead atoms. The van der Waals surface area contributed by atoms with E-state index in [4.69, 9.17) is 9.26 Å². The number of nitrogens with zero attached hydrogens (tertiary/aromatic N) is 3. The number of likely N-dealkylation sites (tertiary alicyclic amines) is 1. The molecule has 1 aliphatic heterocycles. The van der Waals surface area contributed by atoms with Crippen molar-refractivity contribution in [3.63, 3.8) is 0 Å². The van der Waals surface area contributed by atoms with Crippen molar-refractivity contribution in [1.82, 2.24) is 15.0 Å². The summed E-state index contributed by atoms with van der Waals surface area (Å²) in [6.07, 6.45) is -0.693. The molecule has 0 N–H and O–H groups in total. The molecule has 0 unspecified atom stereocenters. The zero-order valence-electron chi connectivity index (χ0n) is 16.9. The number of benzene rings is 1. The molecule has 154 valence electrons. The maximum atomic E-state index is 13.7. The molecule has 2 aromatic heterocycles. The Hall–Kier alpha value is -2.54. The van der Waals surface area contributed by atoms with Gasteiger partial charge in [0, 0.05) is 35.8 Å². The lowest BCUT2D eigenvalue weighted by Gasteiger charge is -2.33. The summed E-state index contributed by atoms with van der Waals surface area (Å²) in [6.45, 7) is 6.17. The van der Waals surface area contributed by atoms with Crippen molar-refractivity contribution < 1.29 is 18.0 Å². The lowest BCUT2D eigenvalue weighted by Crippen LogP contribution is -2.34. The third-order valence-corrected chi connectivity index (χ3v) is 5.72. The molecule has 0 radical (unpaired) electrons. The summed E-state index contributed by atoms with van der Waals surface area (Å²) in [5.41, 5.74) is 3.51. The molecule has 0 saturated carbocycles. The number of methoxy groups -OCH3 is 1. The van der Waals surface area contributed by atoms with E-state index in [0.29, 0.717) is 16.8 Å². The number of rotatable bonds is 5. The summed E-state index contributed by atoms with van der Waals surface area (Å²) in [4.78, 5) is 6.88. The van der Waals surface area contributed by atoms with Crippen molar-refractivity contribution in [2.45, 2.75) is 45.6 Å². The standard InChI is InChI=1S/C22H25F2N3O2/c1-13-6-4-7-16(20(13)28-3)12-27-9-5-8-15(11-27)18-10-17(21(23)24)19-14(2)26-29-22(19)25-18/h4,6-7,10,15,21H,5,8-9,11-12H2,1-3H3/t15-/m0/s1. The molecule has 7 heteroatoms. The molecule has 4 rings (SSSR count). The molecule has 3 heterocycles. The van der Waals surface area contributed by atoms with Crippen LogP contribution in [0, 0.1) is 13.8 Å². The minimum absolute atomic E-state index is 0.0405. The molecule has 1 fully saturated rings. The van der Waals surface area contributed by atoms with E-state index in [1.807, 2.05) is 19.1 Å². The van der Waals surface area contributed by atoms with Crippen LogP contribution in [0.2, 0.25) is 0 Å². The van der Waals surface area contributed by atoms with Gasteiger partial charge in [0.1, 0.15) is 5.75 Å². The van der Waals surface area contributed by atoms with Crippen molar-refractivity contribution in [2.75, 3.05) is 20.2 Å². The number of aromatic nitrogens is 2. The maximum Gasteiger partial charge on any atom is 0.264 e. The second-order valence-corrected chi connectivity index (χ2v) is 7.73. The second-order valence-electron chi connectivity index (χ2n) is 7.73. The number of para-hydroxylation sites is 1. The Morgan fingerprint density at radius 1 is 1.31 bits per heavy atom. The molecule has 0 spiro atoms. The SMILES string of the molecule is COc1c(C)cccc1CN1CCC[C@H](c2cc(C(F)F)c3c(C)noc3n2)C1. The minimum Gasteiger partial charge on any atom is -0.496 e. The predicted octanol–water partition coefficient (Wildman–Crippen LogP) is 5.17. The lowest BCUT2D eigenvalue weighted by molar-refractivity contribution is 0.152. The van der Waals surface area contributed by atoms with Crippen molar-refractivity contribution >= 4 is 11.1 Å². The van der Waals surface area contributed by atoms with Gasteiger partial charge in [-0.3, -0.25) is 4.90 Å². The number of halogens is 2. The number of alkyl halides is 2. The van der Waals surface area contributed by atoms with Crippen LogP contribution in [-0.4, -0.2) is 35.2 Å². The Labute approximate surface area is 168 Å². The van der Waals surface area contributed by atoms with Gasteiger partial charge in [0.25, 0.3) is 12.1 Å². The van der Waals surface area contributed by atoms with Crippen LogP contribution in [0.1, 0.15) is 53.3 Å². The quantitative estimate of drug-likeness (QED) is 0.591. The fourth-order valence-electron chi connectivity index (χ4n) is 4.34. The molecular weight excluding hydrogens is 376 g/mol. The van der Waals surface area contributed by atoms with Crippen LogP contribution in [0.15, 0.2) is 28.8 Å². The normalized spacial score (nSPS) is 17.9. The number of pyridine rings is 1. The first-order valence-electron chi connectivity index (χ1n) is 9.87. The van der Waals surface area contributed by atoms with Gasteiger partial charge < -0.3 is 9.26 Å². The molecule has 5 nitrogen and oxygen atoms in total. The van der Waals surface area contributed by atoms with E-state index in [-0.39, 0.29) is 17.2 Å². The Morgan fingerprint density at radius 3 is 2.90 bits per heavy atom. The molecule has 1 atom stereocenters. The topological polar surface area (TPSA) is 51.4 Å². The number of hydrogen-bond acceptors (Lipinski definition) is 5. The maximum absolute atomic E-state index is 13.7. The van der Waals surface area contributed by atoms with Crippen molar-refractivity contribution in [3.05, 3.63) is 52.3 Å². The third-order valence-electron chi connectivity index (χ3n) is 5.72. The van der Waals surface area contributed by atoms with Crippen LogP contribution in [-0.2, 0) is 6.54 Å². The fraction of sp³-hybridized carbons (Fsp3) is 0.455. The molecule has 1 saturated heterocycles. The zero-order valence-corrected chi connectivity index (χ0v) is 16.9. The van der Waals surface area contributed by atoms with Crippen LogP contribution in [0.5, 0.6) is 5.75 Å². The molecule has 1 aliphatic rings. The zero-order chi connectivity index (χ0) is 20.5. The number of aryl methyl sites for hydroxylation is 2. The van der Waals surface area contributed by atoms with Gasteiger partial charge >= 0.3 is 0 Å². The van der Waals surface area contributed by atoms with Crippen LogP contribution in [0.4, 0.5) is 8.78 Å². The smallest absolute Gasteiger partial charge is 0.264 e. The second kappa shape index (κ2) is 8.06. The van der Waals surface area contributed by atoms with Gasteiger partial charge in [-0.1, -0.05) is 23.4 Å². The van der Waals surface area contributed by atoms with Crippen LogP contribution >= 0.6 is 0 Å². The summed E-state index contributed by atoms with van der Waals surface area (Å²) in [7, 11) is 1.69. The first kappa shape index (κ1) is 19.8. The first-order valence-corrected chi connectivity index (χ1v) is 9.87. The van der Waals surface area contributed by atoms with Crippen molar-refractivity contribution in [1.29, 1.82) is 0 Å². The van der Waals surface area contributed by atoms with E-state index < -0.39 is 6.43 Å². The molecule has 3 aromatic rings. The van der Waals surface area contributed by atoms with Gasteiger partial charge in [-0.05, 0) is 44.9 Å². The monoisotopic (exact) mass is 401 g/mol. The van der Waals surface area contributed by atoms with Crippen molar-refractivity contribution in [3.8, 4) is 5.75 Å². The van der Waals surface area contributed by atoms with Gasteiger partial charge in [0.15, 0.2) is 0 Å². The average Bonchev–Trinajstić information content (AvgIpc) is 3.08. The van der Waals surface area contributed by atoms with Gasteiger partial charge in [-0.15, -0.1) is 0 Å². The number of ether oxygens (including phenoxy) is 1. The molecular formula is C22H25F2N3O2. The molecule has 1 aromatic carbocycles. The summed E-state index contributed by atoms with van der Waals surface area (Å²) in [5.74, 6) is 0.984. The Morgan fingerprint density at radius 2 is 2.14 bits per heavy atom. The van der Waals surface area contributed by atoms with E-state index >= 15 is 0 Å². The highest BCUT2D eigenvalue weighted by Gasteiger charge is 2.27. The van der Waals surface area contributed by atoms with Crippen LogP contribution in [0.25, 0.3) is 11.1 Å². The van der Waals surface area contributed by atoms with Gasteiger partial charge in [-0.25, -0.2) is 13.8 Å². The van der Waals surface area contributed by atoms with Crippen molar-refractivity contribution in [2.24, 2.45) is 0 Å². The largest absolute Gasteiger partial charge is 0.496 e. The van der Waals surface area contributed by atoms with Crippen LogP contribution < -0.4 is 4.74 Å². The summed E-state index contributed by atoms with van der Waals surface area (Å²) in [6, 6.07) is 7.68. The number of hydrogen-bond donors (Lipinski definition) is 0. The van der Waals surface area contributed by atoms with E-state index in [1.165, 1.54) is 0 Å². The summed E-state index contributed by atoms with van der Waals surface area (Å²) >= 11 is 0. The van der Waals surface area contributed by atoms with E-state index in [9.17, 15) is 8.78 Å². The molecule has 0 aliphatic carbocycles. The third kappa shape index (κ3) is 3.83. The van der Waals surface area contributed by atoms with Crippen LogP contribution in [0.3, 0.4) is 0 Å². The van der Waals surface area contributed by atoms with Gasteiger partial charge in [0.05, 0.1) is 18.2 Å². The highest BCUT2D eigenvalue weighted by molar-refractivity contribution is 5.80. The van der Waals surface area contributed by atoms with Gasteiger partial charge in [-0.2, -0.15) is 0 Å². The van der Waals surface area contributed by atoms with Gasteiger partial charge in [0.2, 0.25) is 0 Å². The Balaban J connectivity index is 1.60. The highest BCUT2D eigenvalue weighted by Crippen LogP contribution is 2.35. The number of piperidine rings is 1. The Bertz CT molecular complexity index is 1020. The first-order chi connectivity index (χ1) is 14.0.